The minimum atomic E-state index is 0.00416. The number of hydrogen-bond donors (Lipinski definition) is 1. The highest BCUT2D eigenvalue weighted by Gasteiger charge is 2.48. The number of fused-ring (bicyclic) bond motifs is 3. The fourth-order valence-electron chi connectivity index (χ4n) is 5.42. The molecule has 4 nitrogen and oxygen atoms in total. The number of likely N-dealkylation sites (tertiary alicyclic amines) is 1. The van der Waals surface area contributed by atoms with Crippen molar-refractivity contribution < 1.29 is 4.79 Å². The van der Waals surface area contributed by atoms with Crippen LogP contribution in [0.15, 0.2) is 30.5 Å². The van der Waals surface area contributed by atoms with Crippen LogP contribution in [0.2, 0.25) is 0 Å². The summed E-state index contributed by atoms with van der Waals surface area (Å²) >= 11 is 0. The van der Waals surface area contributed by atoms with Crippen LogP contribution in [-0.2, 0) is 11.2 Å². The Morgan fingerprint density at radius 2 is 2.04 bits per heavy atom. The van der Waals surface area contributed by atoms with Gasteiger partial charge in [0.1, 0.15) is 0 Å². The Morgan fingerprint density at radius 1 is 1.20 bits per heavy atom. The summed E-state index contributed by atoms with van der Waals surface area (Å²) in [6.45, 7) is 2.83. The van der Waals surface area contributed by atoms with Gasteiger partial charge in [-0.1, -0.05) is 18.2 Å². The summed E-state index contributed by atoms with van der Waals surface area (Å²) in [5, 5.41) is 1.36. The average Bonchev–Trinajstić information content (AvgIpc) is 3.03. The van der Waals surface area contributed by atoms with Crippen molar-refractivity contribution in [2.75, 3.05) is 26.7 Å². The number of aromatic amines is 1. The molecule has 4 aliphatic rings. The maximum absolute atomic E-state index is 13.1. The Kier molecular flexibility index (Phi) is 2.69. The molecular weight excluding hydrogens is 310 g/mol. The summed E-state index contributed by atoms with van der Waals surface area (Å²) in [6.07, 6.45) is 6.83. The number of benzene rings is 1. The lowest BCUT2D eigenvalue weighted by Gasteiger charge is -2.40. The van der Waals surface area contributed by atoms with Crippen molar-refractivity contribution in [2.45, 2.75) is 18.9 Å². The Bertz CT molecular complexity index is 916. The zero-order chi connectivity index (χ0) is 16.7. The largest absolute Gasteiger partial charge is 0.361 e. The number of nitrogens with zero attached hydrogens (tertiary/aromatic N) is 2. The molecule has 4 unspecified atom stereocenters. The third-order valence-corrected chi connectivity index (χ3v) is 6.88. The van der Waals surface area contributed by atoms with E-state index in [0.29, 0.717) is 11.9 Å². The minimum absolute atomic E-state index is 0.00416. The highest BCUT2D eigenvalue weighted by Crippen LogP contribution is 2.46. The number of H-pyrrole nitrogens is 1. The highest BCUT2D eigenvalue weighted by molar-refractivity contribution is 5.99. The highest BCUT2D eigenvalue weighted by atomic mass is 16.2. The SMILES string of the molecule is CN1CC(C(=O)N2CC3CC3C2)C=C2c3cccc4[nH]cc(c34)CC21. The molecule has 25 heavy (non-hydrogen) atoms. The molecule has 128 valence electrons. The number of likely N-dealkylation sites (N-methyl/N-ethyl adjacent to an activating group) is 1. The monoisotopic (exact) mass is 333 g/mol. The first-order valence-corrected chi connectivity index (χ1v) is 9.49. The van der Waals surface area contributed by atoms with Crippen LogP contribution >= 0.6 is 0 Å². The smallest absolute Gasteiger partial charge is 0.230 e. The molecule has 0 spiro atoms. The van der Waals surface area contributed by atoms with Gasteiger partial charge in [0.15, 0.2) is 0 Å². The summed E-state index contributed by atoms with van der Waals surface area (Å²) < 4.78 is 0. The number of aromatic nitrogens is 1. The summed E-state index contributed by atoms with van der Waals surface area (Å²) in [5.41, 5.74) is 5.29. The van der Waals surface area contributed by atoms with E-state index in [9.17, 15) is 4.79 Å². The molecule has 3 heterocycles. The topological polar surface area (TPSA) is 39.3 Å². The lowest BCUT2D eigenvalue weighted by molar-refractivity contribution is -0.134. The molecule has 1 N–H and O–H groups in total. The van der Waals surface area contributed by atoms with Gasteiger partial charge >= 0.3 is 0 Å². The summed E-state index contributed by atoms with van der Waals surface area (Å²) in [7, 11) is 2.18. The molecule has 1 aromatic carbocycles. The van der Waals surface area contributed by atoms with Crippen LogP contribution in [0.4, 0.5) is 0 Å². The van der Waals surface area contributed by atoms with Crippen molar-refractivity contribution >= 4 is 22.4 Å². The zero-order valence-corrected chi connectivity index (χ0v) is 14.5. The van der Waals surface area contributed by atoms with E-state index in [1.807, 2.05) is 0 Å². The van der Waals surface area contributed by atoms with Gasteiger partial charge in [-0.2, -0.15) is 0 Å². The molecule has 6 rings (SSSR count). The molecule has 2 aliphatic heterocycles. The Balaban J connectivity index is 1.41. The van der Waals surface area contributed by atoms with E-state index in [1.165, 1.54) is 34.0 Å². The minimum Gasteiger partial charge on any atom is -0.361 e. The maximum atomic E-state index is 13.1. The first kappa shape index (κ1) is 14.1. The molecule has 0 bridgehead atoms. The van der Waals surface area contributed by atoms with Gasteiger partial charge in [-0.05, 0) is 54.5 Å². The fraction of sp³-hybridized carbons (Fsp3) is 0.476. The number of carbonyl (C=O) groups is 1. The van der Waals surface area contributed by atoms with Crippen LogP contribution in [0.25, 0.3) is 16.5 Å². The molecule has 2 aliphatic carbocycles. The van der Waals surface area contributed by atoms with Gasteiger partial charge in [0.2, 0.25) is 5.91 Å². The summed E-state index contributed by atoms with van der Waals surface area (Å²) in [6, 6.07) is 6.89. The van der Waals surface area contributed by atoms with E-state index in [-0.39, 0.29) is 5.92 Å². The number of hydrogen-bond acceptors (Lipinski definition) is 2. The third kappa shape index (κ3) is 1.94. The van der Waals surface area contributed by atoms with Crippen LogP contribution in [-0.4, -0.2) is 53.4 Å². The fourth-order valence-corrected chi connectivity index (χ4v) is 5.42. The molecule has 2 fully saturated rings. The van der Waals surface area contributed by atoms with Crippen molar-refractivity contribution in [1.29, 1.82) is 0 Å². The average molecular weight is 333 g/mol. The van der Waals surface area contributed by atoms with Gasteiger partial charge in [0, 0.05) is 42.8 Å². The number of rotatable bonds is 1. The molecule has 1 aromatic heterocycles. The molecule has 0 radical (unpaired) electrons. The van der Waals surface area contributed by atoms with Crippen molar-refractivity contribution in [3.8, 4) is 0 Å². The van der Waals surface area contributed by atoms with Gasteiger partial charge in [-0.25, -0.2) is 0 Å². The van der Waals surface area contributed by atoms with E-state index in [1.54, 1.807) is 0 Å². The quantitative estimate of drug-likeness (QED) is 0.871. The molecule has 1 amide bonds. The standard InChI is InChI=1S/C21H23N3O/c1-23-9-15(21(25)24-10-13-5-14(13)11-24)6-17-16-3-2-4-18-20(16)12(8-22-18)7-19(17)23/h2-4,6,8,13-15,19,22H,5,7,9-11H2,1H3. The Morgan fingerprint density at radius 3 is 2.88 bits per heavy atom. The summed E-state index contributed by atoms with van der Waals surface area (Å²) in [4.78, 5) is 21.0. The molecule has 1 saturated heterocycles. The lowest BCUT2D eigenvalue weighted by atomic mass is 9.79. The number of amides is 1. The number of carbonyl (C=O) groups excluding carboxylic acids is 1. The first-order valence-electron chi connectivity index (χ1n) is 9.49. The van der Waals surface area contributed by atoms with Gasteiger partial charge in [-0.3, -0.25) is 9.69 Å². The van der Waals surface area contributed by atoms with E-state index in [0.717, 1.165) is 37.9 Å². The predicted molar refractivity (Wildman–Crippen MR) is 98.1 cm³/mol. The van der Waals surface area contributed by atoms with Crippen LogP contribution in [0.1, 0.15) is 17.5 Å². The third-order valence-electron chi connectivity index (χ3n) is 6.88. The van der Waals surface area contributed by atoms with Crippen molar-refractivity contribution in [2.24, 2.45) is 17.8 Å². The second-order valence-electron chi connectivity index (χ2n) is 8.43. The first-order chi connectivity index (χ1) is 12.2. The predicted octanol–water partition coefficient (Wildman–Crippen LogP) is 2.52. The zero-order valence-electron chi connectivity index (χ0n) is 14.5. The number of piperidine rings is 1. The molecule has 4 atom stereocenters. The van der Waals surface area contributed by atoms with Gasteiger partial charge in [0.05, 0.1) is 5.92 Å². The molecule has 1 saturated carbocycles. The van der Waals surface area contributed by atoms with Crippen LogP contribution in [0.3, 0.4) is 0 Å². The van der Waals surface area contributed by atoms with E-state index >= 15 is 0 Å². The lowest BCUT2D eigenvalue weighted by Crippen LogP contribution is -2.47. The van der Waals surface area contributed by atoms with Crippen molar-refractivity contribution in [3.05, 3.63) is 41.6 Å². The van der Waals surface area contributed by atoms with Crippen LogP contribution in [0, 0.1) is 17.8 Å². The van der Waals surface area contributed by atoms with Gasteiger partial charge in [-0.15, -0.1) is 0 Å². The molecular formula is C21H23N3O. The van der Waals surface area contributed by atoms with Gasteiger partial charge in [0.25, 0.3) is 0 Å². The van der Waals surface area contributed by atoms with E-state index in [2.05, 4.69) is 52.3 Å². The number of nitrogens with one attached hydrogen (secondary N) is 1. The van der Waals surface area contributed by atoms with Gasteiger partial charge < -0.3 is 9.88 Å². The van der Waals surface area contributed by atoms with E-state index in [4.69, 9.17) is 0 Å². The second kappa shape index (κ2) is 4.76. The van der Waals surface area contributed by atoms with Crippen LogP contribution < -0.4 is 0 Å². The van der Waals surface area contributed by atoms with Crippen molar-refractivity contribution in [3.63, 3.8) is 0 Å². The molecule has 4 heteroatoms. The van der Waals surface area contributed by atoms with E-state index < -0.39 is 0 Å². The van der Waals surface area contributed by atoms with Crippen LogP contribution in [0.5, 0.6) is 0 Å². The normalized spacial score (nSPS) is 33.2. The summed E-state index contributed by atoms with van der Waals surface area (Å²) in [5.74, 6) is 1.95. The Labute approximate surface area is 147 Å². The second-order valence-corrected chi connectivity index (χ2v) is 8.43. The maximum Gasteiger partial charge on any atom is 0.230 e. The van der Waals surface area contributed by atoms with Crippen molar-refractivity contribution in [1.82, 2.24) is 14.8 Å². The Hall–Kier alpha value is -2.07. The molecule has 2 aromatic rings.